The standard InChI is InChI=1S/C51H61N7O7/c1-50(2,3)64-48(62)56-42(37-17-10-7-11-18-37)46(60)53-31-15-9-14-30-52-45(59)39-28-24-35(25-29-39)34-22-26-36(27-23-34)40-33-54-44(55-40)41-21-16-32-58(41)47(61)43(38-19-12-8-13-20-38)57-49(63)65-51(4,5)6/h7-8,10-13,17-20,22-29,33,41-43H,9,14-16,21,30-32H2,1-6H3,(H,52,59)(H,53,60)(H,54,55)(H,56,62)(H,57,63). The van der Waals surface area contributed by atoms with Gasteiger partial charge in [0, 0.05) is 25.2 Å². The minimum Gasteiger partial charge on any atom is -0.444 e. The molecule has 65 heavy (non-hydrogen) atoms. The Bertz CT molecular complexity index is 2370. The van der Waals surface area contributed by atoms with E-state index in [0.29, 0.717) is 48.6 Å². The number of amides is 5. The van der Waals surface area contributed by atoms with Crippen LogP contribution in [0, 0.1) is 0 Å². The molecule has 1 saturated heterocycles. The molecule has 0 bridgehead atoms. The summed E-state index contributed by atoms with van der Waals surface area (Å²) in [6.45, 7) is 12.1. The maximum absolute atomic E-state index is 14.1. The van der Waals surface area contributed by atoms with Crippen LogP contribution in [-0.4, -0.2) is 75.6 Å². The van der Waals surface area contributed by atoms with Crippen LogP contribution in [0.3, 0.4) is 0 Å². The number of benzene rings is 4. The zero-order valence-corrected chi connectivity index (χ0v) is 38.1. The summed E-state index contributed by atoms with van der Waals surface area (Å²) in [7, 11) is 0. The number of nitrogens with zero attached hydrogens (tertiary/aromatic N) is 2. The zero-order chi connectivity index (χ0) is 46.6. The van der Waals surface area contributed by atoms with Gasteiger partial charge in [0.25, 0.3) is 11.8 Å². The number of carbonyl (C=O) groups excluding carboxylic acids is 5. The average Bonchev–Trinajstić information content (AvgIpc) is 3.97. The van der Waals surface area contributed by atoms with Gasteiger partial charge in [0.1, 0.15) is 29.1 Å². The van der Waals surface area contributed by atoms with Crippen molar-refractivity contribution in [1.29, 1.82) is 0 Å². The molecule has 1 aliphatic rings. The Morgan fingerprint density at radius 2 is 1.17 bits per heavy atom. The first-order chi connectivity index (χ1) is 31.0. The number of imidazole rings is 1. The van der Waals surface area contributed by atoms with Crippen LogP contribution in [0.15, 0.2) is 115 Å². The van der Waals surface area contributed by atoms with E-state index in [0.717, 1.165) is 48.1 Å². The van der Waals surface area contributed by atoms with Crippen molar-refractivity contribution in [3.05, 3.63) is 138 Å². The summed E-state index contributed by atoms with van der Waals surface area (Å²) < 4.78 is 10.9. The van der Waals surface area contributed by atoms with Crippen molar-refractivity contribution >= 4 is 29.9 Å². The minimum atomic E-state index is -0.916. The van der Waals surface area contributed by atoms with Gasteiger partial charge in [0.15, 0.2) is 0 Å². The molecule has 3 atom stereocenters. The quantitative estimate of drug-likeness (QED) is 0.0609. The van der Waals surface area contributed by atoms with Crippen LogP contribution in [0.1, 0.15) is 119 Å². The Morgan fingerprint density at radius 1 is 0.662 bits per heavy atom. The summed E-state index contributed by atoms with van der Waals surface area (Å²) in [4.78, 5) is 75.3. The summed E-state index contributed by atoms with van der Waals surface area (Å²) in [5.41, 5.74) is 4.17. The molecule has 5 aromatic rings. The number of likely N-dealkylation sites (tertiary alicyclic amines) is 1. The van der Waals surface area contributed by atoms with Gasteiger partial charge < -0.3 is 40.6 Å². The molecule has 0 saturated carbocycles. The molecule has 0 aliphatic carbocycles. The minimum absolute atomic E-state index is 0.161. The zero-order valence-electron chi connectivity index (χ0n) is 38.1. The first-order valence-corrected chi connectivity index (χ1v) is 22.3. The lowest BCUT2D eigenvalue weighted by Crippen LogP contribution is -2.44. The van der Waals surface area contributed by atoms with Crippen molar-refractivity contribution in [2.75, 3.05) is 19.6 Å². The van der Waals surface area contributed by atoms with Gasteiger partial charge in [-0.2, -0.15) is 0 Å². The molecule has 0 radical (unpaired) electrons. The van der Waals surface area contributed by atoms with Crippen LogP contribution in [0.4, 0.5) is 9.59 Å². The van der Waals surface area contributed by atoms with E-state index in [9.17, 15) is 24.0 Å². The van der Waals surface area contributed by atoms with Crippen LogP contribution in [-0.2, 0) is 19.1 Å². The van der Waals surface area contributed by atoms with Gasteiger partial charge in [-0.05, 0) is 114 Å². The molecule has 1 aliphatic heterocycles. The normalized spacial score (nSPS) is 14.7. The summed E-state index contributed by atoms with van der Waals surface area (Å²) >= 11 is 0. The number of ether oxygens (including phenoxy) is 2. The van der Waals surface area contributed by atoms with Gasteiger partial charge in [-0.3, -0.25) is 14.4 Å². The van der Waals surface area contributed by atoms with Gasteiger partial charge in [-0.15, -0.1) is 0 Å². The lowest BCUT2D eigenvalue weighted by molar-refractivity contribution is -0.134. The molecule has 14 heteroatoms. The van der Waals surface area contributed by atoms with Gasteiger partial charge in [-0.1, -0.05) is 97.1 Å². The second-order valence-corrected chi connectivity index (χ2v) is 18.1. The van der Waals surface area contributed by atoms with E-state index >= 15 is 0 Å². The number of nitrogens with one attached hydrogen (secondary N) is 5. The summed E-state index contributed by atoms with van der Waals surface area (Å²) in [5, 5.41) is 11.4. The predicted molar refractivity (Wildman–Crippen MR) is 249 cm³/mol. The van der Waals surface area contributed by atoms with Crippen LogP contribution >= 0.6 is 0 Å². The number of unbranched alkanes of at least 4 members (excludes halogenated alkanes) is 2. The van der Waals surface area contributed by atoms with Crippen molar-refractivity contribution in [3.63, 3.8) is 0 Å². The molecule has 1 fully saturated rings. The molecule has 1 aromatic heterocycles. The van der Waals surface area contributed by atoms with Crippen LogP contribution in [0.5, 0.6) is 0 Å². The Hall–Kier alpha value is -6.96. The fourth-order valence-electron chi connectivity index (χ4n) is 7.56. The summed E-state index contributed by atoms with van der Waals surface area (Å²) in [5.74, 6) is -0.0294. The Labute approximate surface area is 381 Å². The van der Waals surface area contributed by atoms with E-state index < -0.39 is 35.5 Å². The third-order valence-corrected chi connectivity index (χ3v) is 10.7. The Morgan fingerprint density at radius 3 is 1.74 bits per heavy atom. The molecular weight excluding hydrogens is 823 g/mol. The third-order valence-electron chi connectivity index (χ3n) is 10.7. The predicted octanol–water partition coefficient (Wildman–Crippen LogP) is 8.96. The first kappa shape index (κ1) is 47.5. The highest BCUT2D eigenvalue weighted by atomic mass is 16.6. The maximum atomic E-state index is 14.1. The number of rotatable bonds is 16. The SMILES string of the molecule is CC(C)(C)OC(=O)NC(C(=O)NCCCCCNC(=O)c1ccc(-c2ccc(-c3cnc(C4CCCN4C(=O)C(NC(=O)OC(C)(C)C)c4ccccc4)[nH]3)cc2)cc1)c1ccccc1. The van der Waals surface area contributed by atoms with Crippen LogP contribution < -0.4 is 21.3 Å². The number of carbonyl (C=O) groups is 5. The second-order valence-electron chi connectivity index (χ2n) is 18.1. The van der Waals surface area contributed by atoms with E-state index in [2.05, 4.69) is 26.3 Å². The van der Waals surface area contributed by atoms with E-state index in [1.165, 1.54) is 0 Å². The fraction of sp³-hybridized carbons (Fsp3) is 0.373. The molecule has 14 nitrogen and oxygen atoms in total. The summed E-state index contributed by atoms with van der Waals surface area (Å²) in [6.07, 6.45) is 4.21. The van der Waals surface area contributed by atoms with Gasteiger partial charge in [0.05, 0.1) is 17.9 Å². The highest BCUT2D eigenvalue weighted by Gasteiger charge is 2.37. The number of aromatic nitrogens is 2. The van der Waals surface area contributed by atoms with Crippen LogP contribution in [0.25, 0.3) is 22.4 Å². The molecule has 0 spiro atoms. The lowest BCUT2D eigenvalue weighted by Gasteiger charge is -2.29. The van der Waals surface area contributed by atoms with Crippen molar-refractivity contribution < 1.29 is 33.4 Å². The van der Waals surface area contributed by atoms with Crippen molar-refractivity contribution in [2.24, 2.45) is 0 Å². The molecule has 2 heterocycles. The molecule has 5 amide bonds. The number of aromatic amines is 1. The molecule has 6 rings (SSSR count). The maximum Gasteiger partial charge on any atom is 0.408 e. The molecule has 342 valence electrons. The fourth-order valence-corrected chi connectivity index (χ4v) is 7.56. The number of hydrogen-bond donors (Lipinski definition) is 5. The molecule has 4 aromatic carbocycles. The van der Waals surface area contributed by atoms with E-state index in [1.807, 2.05) is 97.1 Å². The smallest absolute Gasteiger partial charge is 0.408 e. The highest BCUT2D eigenvalue weighted by molar-refractivity contribution is 5.94. The van der Waals surface area contributed by atoms with Gasteiger partial charge in [0.2, 0.25) is 5.91 Å². The molecule has 5 N–H and O–H groups in total. The Balaban J connectivity index is 0.963. The average molecular weight is 884 g/mol. The van der Waals surface area contributed by atoms with E-state index in [-0.39, 0.29) is 23.8 Å². The van der Waals surface area contributed by atoms with Crippen molar-refractivity contribution in [1.82, 2.24) is 36.1 Å². The Kier molecular flexibility index (Phi) is 15.8. The van der Waals surface area contributed by atoms with Crippen molar-refractivity contribution in [2.45, 2.75) is 103 Å². The highest BCUT2D eigenvalue weighted by Crippen LogP contribution is 2.34. The lowest BCUT2D eigenvalue weighted by atomic mass is 10.0. The van der Waals surface area contributed by atoms with Gasteiger partial charge >= 0.3 is 12.2 Å². The molecular formula is C51H61N7O7. The monoisotopic (exact) mass is 883 g/mol. The first-order valence-electron chi connectivity index (χ1n) is 22.3. The molecule has 3 unspecified atom stereocenters. The second kappa shape index (κ2) is 21.6. The van der Waals surface area contributed by atoms with Crippen molar-refractivity contribution in [3.8, 4) is 22.4 Å². The van der Waals surface area contributed by atoms with E-state index in [4.69, 9.17) is 14.5 Å². The topological polar surface area (TPSA) is 184 Å². The number of alkyl carbamates (subject to hydrolysis) is 2. The van der Waals surface area contributed by atoms with Crippen LogP contribution in [0.2, 0.25) is 0 Å². The third kappa shape index (κ3) is 13.8. The van der Waals surface area contributed by atoms with E-state index in [1.54, 1.807) is 64.8 Å². The van der Waals surface area contributed by atoms with Gasteiger partial charge in [-0.25, -0.2) is 14.6 Å². The largest absolute Gasteiger partial charge is 0.444 e. The number of H-pyrrole nitrogens is 1. The summed E-state index contributed by atoms with van der Waals surface area (Å²) in [6, 6.07) is 31.6. The number of hydrogen-bond acceptors (Lipinski definition) is 8.